The molecule has 0 saturated carbocycles. The minimum absolute atomic E-state index is 0.0534. The zero-order valence-electron chi connectivity index (χ0n) is 12.9. The van der Waals surface area contributed by atoms with Crippen LogP contribution in [0.5, 0.6) is 0 Å². The number of rotatable bonds is 2. The summed E-state index contributed by atoms with van der Waals surface area (Å²) in [5, 5.41) is 1.92. The normalized spacial score (nSPS) is 23.6. The predicted octanol–water partition coefficient (Wildman–Crippen LogP) is 1.85. The average molecular weight is 322 g/mol. The van der Waals surface area contributed by atoms with Crippen LogP contribution in [0.1, 0.15) is 29.4 Å². The predicted molar refractivity (Wildman–Crippen MR) is 84.9 cm³/mol. The number of nitrogens with zero attached hydrogens (tertiary/aromatic N) is 2. The number of amides is 2. The van der Waals surface area contributed by atoms with Crippen LogP contribution in [-0.4, -0.2) is 60.5 Å². The molecule has 0 aromatic carbocycles. The number of hydrogen-bond donors (Lipinski definition) is 0. The Kier molecular flexibility index (Phi) is 4.78. The molecule has 0 N–H and O–H groups in total. The Morgan fingerprint density at radius 1 is 1.23 bits per heavy atom. The van der Waals surface area contributed by atoms with Crippen molar-refractivity contribution in [3.8, 4) is 0 Å². The van der Waals surface area contributed by atoms with Crippen molar-refractivity contribution in [3.63, 3.8) is 0 Å². The highest BCUT2D eigenvalue weighted by Crippen LogP contribution is 2.23. The van der Waals surface area contributed by atoms with Gasteiger partial charge in [0.1, 0.15) is 0 Å². The molecule has 0 radical (unpaired) electrons. The number of ether oxygens (including phenoxy) is 1. The molecule has 1 unspecified atom stereocenters. The lowest BCUT2D eigenvalue weighted by atomic mass is 9.94. The molecular weight excluding hydrogens is 300 g/mol. The first kappa shape index (κ1) is 15.5. The SMILES string of the molecule is CC1CN(C(=O)C2CCN(C(=O)c3cccs3)CC2)CCO1. The molecule has 3 heterocycles. The van der Waals surface area contributed by atoms with Crippen molar-refractivity contribution in [1.82, 2.24) is 9.80 Å². The Bertz CT molecular complexity index is 524. The molecule has 6 heteroatoms. The maximum Gasteiger partial charge on any atom is 0.263 e. The molecule has 3 rings (SSSR count). The molecule has 1 aromatic heterocycles. The van der Waals surface area contributed by atoms with Crippen molar-refractivity contribution in [1.29, 1.82) is 0 Å². The van der Waals surface area contributed by atoms with Crippen LogP contribution in [0.3, 0.4) is 0 Å². The molecule has 2 fully saturated rings. The van der Waals surface area contributed by atoms with E-state index < -0.39 is 0 Å². The summed E-state index contributed by atoms with van der Waals surface area (Å²) in [6.07, 6.45) is 1.65. The zero-order valence-corrected chi connectivity index (χ0v) is 13.7. The van der Waals surface area contributed by atoms with E-state index in [0.717, 1.165) is 17.7 Å². The van der Waals surface area contributed by atoms with E-state index in [4.69, 9.17) is 4.74 Å². The van der Waals surface area contributed by atoms with Gasteiger partial charge in [0, 0.05) is 32.1 Å². The van der Waals surface area contributed by atoms with Crippen LogP contribution in [0.4, 0.5) is 0 Å². The van der Waals surface area contributed by atoms with Gasteiger partial charge in [0.05, 0.1) is 17.6 Å². The Hall–Kier alpha value is -1.40. The van der Waals surface area contributed by atoms with Gasteiger partial charge < -0.3 is 14.5 Å². The van der Waals surface area contributed by atoms with E-state index in [1.807, 2.05) is 34.2 Å². The van der Waals surface area contributed by atoms with E-state index in [1.54, 1.807) is 0 Å². The third-order valence-corrected chi connectivity index (χ3v) is 5.27. The molecule has 5 nitrogen and oxygen atoms in total. The Balaban J connectivity index is 1.53. The van der Waals surface area contributed by atoms with Gasteiger partial charge in [0.15, 0.2) is 0 Å². The van der Waals surface area contributed by atoms with Crippen molar-refractivity contribution in [2.24, 2.45) is 5.92 Å². The van der Waals surface area contributed by atoms with Crippen LogP contribution < -0.4 is 0 Å². The number of carbonyl (C=O) groups excluding carboxylic acids is 2. The Morgan fingerprint density at radius 2 is 2.00 bits per heavy atom. The van der Waals surface area contributed by atoms with Gasteiger partial charge >= 0.3 is 0 Å². The standard InChI is InChI=1S/C16H22N2O3S/c1-12-11-18(8-9-21-12)15(19)13-4-6-17(7-5-13)16(20)14-3-2-10-22-14/h2-3,10,12-13H,4-9,11H2,1H3. The second kappa shape index (κ2) is 6.79. The molecule has 2 aliphatic rings. The fourth-order valence-electron chi connectivity index (χ4n) is 3.16. The summed E-state index contributed by atoms with van der Waals surface area (Å²) in [6, 6.07) is 3.76. The first-order valence-electron chi connectivity index (χ1n) is 7.88. The molecule has 0 aliphatic carbocycles. The topological polar surface area (TPSA) is 49.9 Å². The lowest BCUT2D eigenvalue weighted by molar-refractivity contribution is -0.143. The van der Waals surface area contributed by atoms with Crippen molar-refractivity contribution in [3.05, 3.63) is 22.4 Å². The molecule has 120 valence electrons. The van der Waals surface area contributed by atoms with Crippen molar-refractivity contribution < 1.29 is 14.3 Å². The second-order valence-electron chi connectivity index (χ2n) is 6.01. The molecule has 1 aromatic rings. The highest BCUT2D eigenvalue weighted by Gasteiger charge is 2.32. The van der Waals surface area contributed by atoms with Gasteiger partial charge in [0.2, 0.25) is 5.91 Å². The van der Waals surface area contributed by atoms with E-state index in [2.05, 4.69) is 0 Å². The maximum absolute atomic E-state index is 12.6. The van der Waals surface area contributed by atoms with Crippen LogP contribution in [0.25, 0.3) is 0 Å². The highest BCUT2D eigenvalue weighted by atomic mass is 32.1. The minimum Gasteiger partial charge on any atom is -0.375 e. The van der Waals surface area contributed by atoms with Crippen molar-refractivity contribution >= 4 is 23.2 Å². The number of piperidine rings is 1. The quantitative estimate of drug-likeness (QED) is 0.835. The number of hydrogen-bond acceptors (Lipinski definition) is 4. The first-order valence-corrected chi connectivity index (χ1v) is 8.76. The summed E-state index contributed by atoms with van der Waals surface area (Å²) in [4.78, 5) is 29.5. The van der Waals surface area contributed by atoms with E-state index in [9.17, 15) is 9.59 Å². The fourth-order valence-corrected chi connectivity index (χ4v) is 3.85. The number of carbonyl (C=O) groups is 2. The molecule has 1 atom stereocenters. The van der Waals surface area contributed by atoms with Gasteiger partial charge in [-0.3, -0.25) is 9.59 Å². The van der Waals surface area contributed by atoms with Gasteiger partial charge in [-0.15, -0.1) is 11.3 Å². The van der Waals surface area contributed by atoms with E-state index in [0.29, 0.717) is 32.8 Å². The highest BCUT2D eigenvalue weighted by molar-refractivity contribution is 7.12. The fraction of sp³-hybridized carbons (Fsp3) is 0.625. The number of thiophene rings is 1. The lowest BCUT2D eigenvalue weighted by Crippen LogP contribution is -2.49. The summed E-state index contributed by atoms with van der Waals surface area (Å²) in [5.74, 6) is 0.386. The van der Waals surface area contributed by atoms with Crippen molar-refractivity contribution in [2.75, 3.05) is 32.8 Å². The summed E-state index contributed by atoms with van der Waals surface area (Å²) in [6.45, 7) is 5.36. The van der Waals surface area contributed by atoms with Crippen LogP contribution in [0, 0.1) is 5.92 Å². The van der Waals surface area contributed by atoms with Gasteiger partial charge in [-0.05, 0) is 31.2 Å². The number of morpholine rings is 1. The molecule has 2 aliphatic heterocycles. The van der Waals surface area contributed by atoms with Gasteiger partial charge in [-0.1, -0.05) is 6.07 Å². The molecule has 0 bridgehead atoms. The second-order valence-corrected chi connectivity index (χ2v) is 6.96. The van der Waals surface area contributed by atoms with Crippen LogP contribution >= 0.6 is 11.3 Å². The minimum atomic E-state index is 0.0534. The Morgan fingerprint density at radius 3 is 2.64 bits per heavy atom. The largest absolute Gasteiger partial charge is 0.375 e. The average Bonchev–Trinajstić information content (AvgIpc) is 3.08. The van der Waals surface area contributed by atoms with Gasteiger partial charge in [0.25, 0.3) is 5.91 Å². The smallest absolute Gasteiger partial charge is 0.263 e. The van der Waals surface area contributed by atoms with Crippen LogP contribution in [-0.2, 0) is 9.53 Å². The third-order valence-electron chi connectivity index (χ3n) is 4.42. The summed E-state index contributed by atoms with van der Waals surface area (Å²) in [5.41, 5.74) is 0. The molecule has 2 amide bonds. The molecule has 0 spiro atoms. The van der Waals surface area contributed by atoms with E-state index in [-0.39, 0.29) is 23.8 Å². The van der Waals surface area contributed by atoms with Crippen molar-refractivity contribution in [2.45, 2.75) is 25.9 Å². The lowest BCUT2D eigenvalue weighted by Gasteiger charge is -2.37. The summed E-state index contributed by atoms with van der Waals surface area (Å²) >= 11 is 1.47. The summed E-state index contributed by atoms with van der Waals surface area (Å²) < 4.78 is 5.49. The van der Waals surface area contributed by atoms with E-state index >= 15 is 0 Å². The zero-order chi connectivity index (χ0) is 15.5. The first-order chi connectivity index (χ1) is 10.6. The van der Waals surface area contributed by atoms with Gasteiger partial charge in [-0.2, -0.15) is 0 Å². The molecule has 22 heavy (non-hydrogen) atoms. The molecule has 2 saturated heterocycles. The monoisotopic (exact) mass is 322 g/mol. The third kappa shape index (κ3) is 3.33. The summed E-state index contributed by atoms with van der Waals surface area (Å²) in [7, 11) is 0. The van der Waals surface area contributed by atoms with Crippen LogP contribution in [0.15, 0.2) is 17.5 Å². The van der Waals surface area contributed by atoms with Gasteiger partial charge in [-0.25, -0.2) is 0 Å². The Labute approximate surface area is 134 Å². The maximum atomic E-state index is 12.6. The van der Waals surface area contributed by atoms with E-state index in [1.165, 1.54) is 11.3 Å². The molecular formula is C16H22N2O3S. The number of likely N-dealkylation sites (tertiary alicyclic amines) is 1. The van der Waals surface area contributed by atoms with Crippen LogP contribution in [0.2, 0.25) is 0 Å².